The zero-order chi connectivity index (χ0) is 14.9. The van der Waals surface area contributed by atoms with E-state index in [0.29, 0.717) is 16.8 Å². The zero-order valence-corrected chi connectivity index (χ0v) is 12.0. The molecule has 0 radical (unpaired) electrons. The van der Waals surface area contributed by atoms with Gasteiger partial charge in [0.1, 0.15) is 0 Å². The summed E-state index contributed by atoms with van der Waals surface area (Å²) in [5, 5.41) is 2.82. The second-order valence-corrected chi connectivity index (χ2v) is 5.48. The molecular formula is C15H20N2O3. The molecule has 1 aliphatic carbocycles. The summed E-state index contributed by atoms with van der Waals surface area (Å²) < 4.78 is 4.72. The lowest BCUT2D eigenvalue weighted by Crippen LogP contribution is -2.50. The molecular weight excluding hydrogens is 256 g/mol. The third kappa shape index (κ3) is 2.67. The van der Waals surface area contributed by atoms with Crippen molar-refractivity contribution < 1.29 is 14.3 Å². The first-order valence-corrected chi connectivity index (χ1v) is 6.66. The van der Waals surface area contributed by atoms with Crippen LogP contribution < -0.4 is 11.1 Å². The van der Waals surface area contributed by atoms with Crippen molar-refractivity contribution in [3.05, 3.63) is 29.3 Å². The van der Waals surface area contributed by atoms with E-state index in [9.17, 15) is 9.59 Å². The Kier molecular flexibility index (Phi) is 3.81. The number of nitrogens with two attached hydrogens (primary N) is 1. The van der Waals surface area contributed by atoms with Crippen molar-refractivity contribution in [2.45, 2.75) is 32.2 Å². The zero-order valence-electron chi connectivity index (χ0n) is 12.0. The van der Waals surface area contributed by atoms with Crippen molar-refractivity contribution in [2.75, 3.05) is 12.4 Å². The van der Waals surface area contributed by atoms with E-state index in [4.69, 9.17) is 10.5 Å². The molecule has 5 nitrogen and oxygen atoms in total. The number of carbonyl (C=O) groups excluding carboxylic acids is 2. The van der Waals surface area contributed by atoms with Gasteiger partial charge in [0.05, 0.1) is 18.2 Å². The molecule has 1 atom stereocenters. The lowest BCUT2D eigenvalue weighted by Gasteiger charge is -2.24. The molecule has 1 aromatic carbocycles. The summed E-state index contributed by atoms with van der Waals surface area (Å²) in [6.07, 6.45) is 1.98. The Morgan fingerprint density at radius 1 is 1.40 bits per heavy atom. The predicted octanol–water partition coefficient (Wildman–Crippen LogP) is 1.85. The Labute approximate surface area is 118 Å². The molecule has 5 heteroatoms. The SMILES string of the molecule is COC(=O)c1cccc(NC(=O)C(C)(N)C2CC2)c1C. The maximum Gasteiger partial charge on any atom is 0.338 e. The molecule has 108 valence electrons. The minimum absolute atomic E-state index is 0.217. The van der Waals surface area contributed by atoms with Crippen LogP contribution in [0.25, 0.3) is 0 Å². The fraction of sp³-hybridized carbons (Fsp3) is 0.467. The lowest BCUT2D eigenvalue weighted by atomic mass is 9.95. The van der Waals surface area contributed by atoms with Gasteiger partial charge in [-0.25, -0.2) is 4.79 Å². The van der Waals surface area contributed by atoms with Crippen LogP contribution in [0.1, 0.15) is 35.7 Å². The first-order chi connectivity index (χ1) is 9.37. The van der Waals surface area contributed by atoms with Crippen LogP contribution in [0, 0.1) is 12.8 Å². The third-order valence-corrected chi connectivity index (χ3v) is 3.90. The van der Waals surface area contributed by atoms with Gasteiger partial charge in [0.25, 0.3) is 0 Å². The fourth-order valence-corrected chi connectivity index (χ4v) is 2.23. The number of amides is 1. The molecule has 1 unspecified atom stereocenters. The number of anilines is 1. The molecule has 0 bridgehead atoms. The van der Waals surface area contributed by atoms with Gasteiger partial charge in [-0.3, -0.25) is 4.79 Å². The van der Waals surface area contributed by atoms with Crippen LogP contribution in [-0.2, 0) is 9.53 Å². The minimum atomic E-state index is -0.867. The van der Waals surface area contributed by atoms with Gasteiger partial charge >= 0.3 is 5.97 Å². The molecule has 1 aliphatic rings. The largest absolute Gasteiger partial charge is 0.465 e. The van der Waals surface area contributed by atoms with E-state index in [0.717, 1.165) is 12.8 Å². The second-order valence-electron chi connectivity index (χ2n) is 5.48. The highest BCUT2D eigenvalue weighted by Crippen LogP contribution is 2.38. The molecule has 0 aliphatic heterocycles. The van der Waals surface area contributed by atoms with E-state index < -0.39 is 11.5 Å². The van der Waals surface area contributed by atoms with Gasteiger partial charge in [0, 0.05) is 5.69 Å². The molecule has 0 spiro atoms. The summed E-state index contributed by atoms with van der Waals surface area (Å²) >= 11 is 0. The molecule has 0 saturated heterocycles. The molecule has 0 heterocycles. The summed E-state index contributed by atoms with van der Waals surface area (Å²) in [7, 11) is 1.33. The van der Waals surface area contributed by atoms with Gasteiger partial charge < -0.3 is 15.8 Å². The second kappa shape index (κ2) is 5.25. The summed E-state index contributed by atoms with van der Waals surface area (Å²) in [5.41, 5.74) is 6.93. The van der Waals surface area contributed by atoms with Crippen LogP contribution in [-0.4, -0.2) is 24.5 Å². The Hall–Kier alpha value is -1.88. The number of esters is 1. The van der Waals surface area contributed by atoms with Gasteiger partial charge in [-0.1, -0.05) is 6.07 Å². The number of rotatable bonds is 4. The summed E-state index contributed by atoms with van der Waals surface area (Å²) in [6.45, 7) is 3.52. The van der Waals surface area contributed by atoms with E-state index in [1.807, 2.05) is 0 Å². The van der Waals surface area contributed by atoms with Gasteiger partial charge in [0.15, 0.2) is 0 Å². The summed E-state index contributed by atoms with van der Waals surface area (Å²) in [6, 6.07) is 5.13. The molecule has 1 aromatic rings. The van der Waals surface area contributed by atoms with E-state index in [-0.39, 0.29) is 11.8 Å². The van der Waals surface area contributed by atoms with E-state index >= 15 is 0 Å². The molecule has 20 heavy (non-hydrogen) atoms. The molecule has 1 fully saturated rings. The van der Waals surface area contributed by atoms with Gasteiger partial charge in [-0.15, -0.1) is 0 Å². The Morgan fingerprint density at radius 2 is 2.05 bits per heavy atom. The summed E-state index contributed by atoms with van der Waals surface area (Å²) in [5.74, 6) is -0.395. The maximum absolute atomic E-state index is 12.3. The Balaban J connectivity index is 2.21. The first-order valence-electron chi connectivity index (χ1n) is 6.66. The maximum atomic E-state index is 12.3. The van der Waals surface area contributed by atoms with Crippen LogP contribution in [0.15, 0.2) is 18.2 Å². The lowest BCUT2D eigenvalue weighted by molar-refractivity contribution is -0.121. The highest BCUT2D eigenvalue weighted by Gasteiger charge is 2.44. The standard InChI is InChI=1S/C15H20N2O3/c1-9-11(13(18)20-3)5-4-6-12(9)17-14(19)15(2,16)10-7-8-10/h4-6,10H,7-8,16H2,1-3H3,(H,17,19). The van der Waals surface area contributed by atoms with Gasteiger partial charge in [-0.2, -0.15) is 0 Å². The van der Waals surface area contributed by atoms with E-state index in [1.54, 1.807) is 32.0 Å². The average Bonchev–Trinajstić information content (AvgIpc) is 3.24. The summed E-state index contributed by atoms with van der Waals surface area (Å²) in [4.78, 5) is 23.9. The van der Waals surface area contributed by atoms with Crippen LogP contribution in [0.4, 0.5) is 5.69 Å². The van der Waals surface area contributed by atoms with Crippen LogP contribution in [0.2, 0.25) is 0 Å². The average molecular weight is 276 g/mol. The van der Waals surface area contributed by atoms with Crippen molar-refractivity contribution >= 4 is 17.6 Å². The van der Waals surface area contributed by atoms with Crippen LogP contribution >= 0.6 is 0 Å². The normalized spacial score (nSPS) is 17.2. The first kappa shape index (κ1) is 14.5. The van der Waals surface area contributed by atoms with Crippen molar-refractivity contribution in [3.8, 4) is 0 Å². The van der Waals surface area contributed by atoms with E-state index in [2.05, 4.69) is 5.32 Å². The Bertz CT molecular complexity index is 548. The fourth-order valence-electron chi connectivity index (χ4n) is 2.23. The van der Waals surface area contributed by atoms with Crippen molar-refractivity contribution in [3.63, 3.8) is 0 Å². The number of benzene rings is 1. The highest BCUT2D eigenvalue weighted by molar-refractivity contribution is 6.00. The van der Waals surface area contributed by atoms with Gasteiger partial charge in [0.2, 0.25) is 5.91 Å². The smallest absolute Gasteiger partial charge is 0.338 e. The number of ether oxygens (including phenoxy) is 1. The van der Waals surface area contributed by atoms with Crippen molar-refractivity contribution in [1.29, 1.82) is 0 Å². The molecule has 0 aromatic heterocycles. The van der Waals surface area contributed by atoms with Crippen molar-refractivity contribution in [1.82, 2.24) is 0 Å². The topological polar surface area (TPSA) is 81.4 Å². The monoisotopic (exact) mass is 276 g/mol. The van der Waals surface area contributed by atoms with Gasteiger partial charge in [-0.05, 0) is 50.3 Å². The quantitative estimate of drug-likeness (QED) is 0.822. The molecule has 1 saturated carbocycles. The Morgan fingerprint density at radius 3 is 2.60 bits per heavy atom. The number of hydrogen-bond acceptors (Lipinski definition) is 4. The van der Waals surface area contributed by atoms with Crippen molar-refractivity contribution in [2.24, 2.45) is 11.7 Å². The minimum Gasteiger partial charge on any atom is -0.465 e. The number of nitrogens with one attached hydrogen (secondary N) is 1. The van der Waals surface area contributed by atoms with E-state index in [1.165, 1.54) is 7.11 Å². The number of hydrogen-bond donors (Lipinski definition) is 2. The predicted molar refractivity (Wildman–Crippen MR) is 76.5 cm³/mol. The molecule has 3 N–H and O–H groups in total. The third-order valence-electron chi connectivity index (χ3n) is 3.90. The molecule has 2 rings (SSSR count). The highest BCUT2D eigenvalue weighted by atomic mass is 16.5. The van der Waals surface area contributed by atoms with Crippen LogP contribution in [0.3, 0.4) is 0 Å². The number of methoxy groups -OCH3 is 1. The number of carbonyl (C=O) groups is 2. The van der Waals surface area contributed by atoms with Crippen LogP contribution in [0.5, 0.6) is 0 Å². The molecule has 1 amide bonds.